The molecule has 2 heterocycles. The number of carbonyl (C=O) groups is 3. The highest BCUT2D eigenvalue weighted by Gasteiger charge is 2.29. The number of carbonyl (C=O) groups excluding carboxylic acids is 3. The van der Waals surface area contributed by atoms with E-state index in [1.165, 1.54) is 37.3 Å². The maximum Gasteiger partial charge on any atom is 0.257 e. The van der Waals surface area contributed by atoms with Gasteiger partial charge in [-0.05, 0) is 6.08 Å². The Morgan fingerprint density at radius 2 is 2.15 bits per heavy atom. The number of imide groups is 1. The van der Waals surface area contributed by atoms with Gasteiger partial charge in [0.15, 0.2) is 0 Å². The molecule has 0 aliphatic carbocycles. The van der Waals surface area contributed by atoms with Crippen molar-refractivity contribution in [2.24, 2.45) is 0 Å². The van der Waals surface area contributed by atoms with Crippen molar-refractivity contribution in [3.05, 3.63) is 35.3 Å². The molecule has 2 aliphatic heterocycles. The van der Waals surface area contributed by atoms with Crippen LogP contribution in [0.1, 0.15) is 0 Å². The zero-order valence-corrected chi connectivity index (χ0v) is 11.1. The molecule has 0 aromatic carbocycles. The van der Waals surface area contributed by atoms with Crippen molar-refractivity contribution < 1.29 is 24.2 Å². The van der Waals surface area contributed by atoms with E-state index in [1.54, 1.807) is 0 Å². The van der Waals surface area contributed by atoms with Gasteiger partial charge in [0.25, 0.3) is 17.7 Å². The molecule has 7 nitrogen and oxygen atoms in total. The van der Waals surface area contributed by atoms with Gasteiger partial charge in [0.1, 0.15) is 5.76 Å². The second-order valence-electron chi connectivity index (χ2n) is 4.34. The number of rotatable bonds is 3. The normalized spacial score (nSPS) is 20.6. The predicted molar refractivity (Wildman–Crippen MR) is 67.8 cm³/mol. The lowest BCUT2D eigenvalue weighted by molar-refractivity contribution is -0.137. The zero-order chi connectivity index (χ0) is 14.9. The third kappa shape index (κ3) is 2.35. The monoisotopic (exact) mass is 278 g/mol. The quantitative estimate of drug-likeness (QED) is 0.680. The number of aliphatic hydroxyl groups excluding tert-OH is 1. The van der Waals surface area contributed by atoms with Gasteiger partial charge in [-0.15, -0.1) is 0 Å². The van der Waals surface area contributed by atoms with Crippen LogP contribution in [0.2, 0.25) is 0 Å². The number of hydrogen-bond acceptors (Lipinski definition) is 5. The molecule has 2 rings (SSSR count). The Balaban J connectivity index is 2.17. The van der Waals surface area contributed by atoms with Crippen LogP contribution in [0.4, 0.5) is 0 Å². The first-order valence-electron chi connectivity index (χ1n) is 5.89. The average Bonchev–Trinajstić information content (AvgIpc) is 2.93. The Morgan fingerprint density at radius 1 is 1.45 bits per heavy atom. The first-order valence-corrected chi connectivity index (χ1v) is 5.89. The lowest BCUT2D eigenvalue weighted by Crippen LogP contribution is -2.32. The molecule has 7 heteroatoms. The Kier molecular flexibility index (Phi) is 3.71. The van der Waals surface area contributed by atoms with Crippen molar-refractivity contribution in [3.8, 4) is 0 Å². The van der Waals surface area contributed by atoms with Crippen molar-refractivity contribution in [2.45, 2.75) is 0 Å². The van der Waals surface area contributed by atoms with Gasteiger partial charge >= 0.3 is 0 Å². The van der Waals surface area contributed by atoms with Gasteiger partial charge in [-0.1, -0.05) is 0 Å². The summed E-state index contributed by atoms with van der Waals surface area (Å²) in [5.74, 6) is -0.954. The van der Waals surface area contributed by atoms with Crippen LogP contribution in [0, 0.1) is 0 Å². The Bertz CT molecular complexity index is 573. The fourth-order valence-corrected chi connectivity index (χ4v) is 1.93. The van der Waals surface area contributed by atoms with Crippen LogP contribution in [0.15, 0.2) is 35.3 Å². The molecule has 106 valence electrons. The minimum absolute atomic E-state index is 0.0756. The van der Waals surface area contributed by atoms with Gasteiger partial charge in [-0.25, -0.2) is 0 Å². The van der Waals surface area contributed by atoms with Gasteiger partial charge in [0.2, 0.25) is 0 Å². The van der Waals surface area contributed by atoms with Crippen molar-refractivity contribution in [1.82, 2.24) is 9.80 Å². The molecule has 3 amide bonds. The Labute approximate surface area is 115 Å². The molecule has 0 spiro atoms. The summed E-state index contributed by atoms with van der Waals surface area (Å²) in [5.41, 5.74) is 0.540. The largest absolute Gasteiger partial charge is 0.499 e. The van der Waals surface area contributed by atoms with Crippen LogP contribution in [0.5, 0.6) is 0 Å². The van der Waals surface area contributed by atoms with Gasteiger partial charge in [-0.2, -0.15) is 0 Å². The highest BCUT2D eigenvalue weighted by atomic mass is 16.5. The van der Waals surface area contributed by atoms with Crippen LogP contribution in [0.3, 0.4) is 0 Å². The average molecular weight is 278 g/mol. The number of hydrogen-bond donors (Lipinski definition) is 1. The Morgan fingerprint density at radius 3 is 2.65 bits per heavy atom. The van der Waals surface area contributed by atoms with Crippen LogP contribution in [-0.4, -0.2) is 59.9 Å². The zero-order valence-electron chi connectivity index (χ0n) is 11.1. The fourth-order valence-electron chi connectivity index (χ4n) is 1.93. The highest BCUT2D eigenvalue weighted by molar-refractivity contribution is 6.08. The van der Waals surface area contributed by atoms with E-state index in [9.17, 15) is 14.4 Å². The lowest BCUT2D eigenvalue weighted by Gasteiger charge is -2.14. The summed E-state index contributed by atoms with van der Waals surface area (Å²) in [7, 11) is 2.91. The van der Waals surface area contributed by atoms with E-state index in [4.69, 9.17) is 9.84 Å². The first-order chi connectivity index (χ1) is 9.47. The lowest BCUT2D eigenvalue weighted by atomic mass is 10.3. The first kappa shape index (κ1) is 14.0. The second-order valence-corrected chi connectivity index (χ2v) is 4.34. The van der Waals surface area contributed by atoms with Crippen molar-refractivity contribution >= 4 is 17.7 Å². The van der Waals surface area contributed by atoms with E-state index >= 15 is 0 Å². The number of amides is 3. The predicted octanol–water partition coefficient (Wildman–Crippen LogP) is -0.840. The van der Waals surface area contributed by atoms with Gasteiger partial charge < -0.3 is 14.7 Å². The number of nitrogens with zero attached hydrogens (tertiary/aromatic N) is 2. The Hall–Kier alpha value is -2.41. The van der Waals surface area contributed by atoms with Gasteiger partial charge in [0.05, 0.1) is 20.3 Å². The van der Waals surface area contributed by atoms with E-state index in [1.807, 2.05) is 0 Å². The smallest absolute Gasteiger partial charge is 0.257 e. The molecular weight excluding hydrogens is 264 g/mol. The highest BCUT2D eigenvalue weighted by Crippen LogP contribution is 2.20. The molecule has 2 aliphatic rings. The van der Waals surface area contributed by atoms with E-state index in [0.29, 0.717) is 11.5 Å². The number of likely N-dealkylation sites (N-methyl/N-ethyl adjacent to an activating group) is 1. The van der Waals surface area contributed by atoms with Crippen molar-refractivity contribution in [1.29, 1.82) is 0 Å². The number of methoxy groups -OCH3 is 1. The summed E-state index contributed by atoms with van der Waals surface area (Å²) in [6, 6.07) is 0. The standard InChI is InChI=1S/C13H14N2O5/c1-14-9(3-8(7-16)13(14)19)4-11(17)15-6-10(20-2)5-12(15)18/h3-5,16H,6-7H2,1-2H3/b9-4+. The molecule has 20 heavy (non-hydrogen) atoms. The minimum atomic E-state index is -0.539. The second kappa shape index (κ2) is 5.30. The van der Waals surface area contributed by atoms with Crippen LogP contribution in [0.25, 0.3) is 0 Å². The summed E-state index contributed by atoms with van der Waals surface area (Å²) >= 11 is 0. The molecule has 0 fully saturated rings. The summed E-state index contributed by atoms with van der Waals surface area (Å²) in [4.78, 5) is 37.5. The number of aliphatic hydroxyl groups is 1. The summed E-state index contributed by atoms with van der Waals surface area (Å²) in [6.07, 6.45) is 3.85. The third-order valence-electron chi connectivity index (χ3n) is 3.12. The van der Waals surface area contributed by atoms with E-state index in [2.05, 4.69) is 0 Å². The molecule has 0 aromatic heterocycles. The minimum Gasteiger partial charge on any atom is -0.499 e. The summed E-state index contributed by atoms with van der Waals surface area (Å²) in [6.45, 7) is -0.321. The summed E-state index contributed by atoms with van der Waals surface area (Å²) in [5, 5.41) is 9.01. The molecule has 0 unspecified atom stereocenters. The van der Waals surface area contributed by atoms with E-state index in [-0.39, 0.29) is 18.0 Å². The van der Waals surface area contributed by atoms with Crippen LogP contribution in [-0.2, 0) is 19.1 Å². The van der Waals surface area contributed by atoms with Crippen LogP contribution >= 0.6 is 0 Å². The van der Waals surface area contributed by atoms with Crippen molar-refractivity contribution in [2.75, 3.05) is 27.3 Å². The SMILES string of the molecule is COC1=CC(=O)N(C(=O)/C=C2\C=C(CO)C(=O)N2C)C1. The van der Waals surface area contributed by atoms with Gasteiger partial charge in [0, 0.05) is 30.5 Å². The third-order valence-corrected chi connectivity index (χ3v) is 3.12. The summed E-state index contributed by atoms with van der Waals surface area (Å²) < 4.78 is 4.92. The molecule has 1 N–H and O–H groups in total. The van der Waals surface area contributed by atoms with Gasteiger partial charge in [-0.3, -0.25) is 19.3 Å². The molecule has 0 bridgehead atoms. The number of ether oxygens (including phenoxy) is 1. The molecular formula is C13H14N2O5. The molecule has 0 atom stereocenters. The van der Waals surface area contributed by atoms with Crippen LogP contribution < -0.4 is 0 Å². The van der Waals surface area contributed by atoms with E-state index in [0.717, 1.165) is 4.90 Å². The molecule has 0 radical (unpaired) electrons. The maximum atomic E-state index is 12.0. The van der Waals surface area contributed by atoms with E-state index < -0.39 is 18.4 Å². The van der Waals surface area contributed by atoms with Crippen molar-refractivity contribution in [3.63, 3.8) is 0 Å². The number of allylic oxidation sites excluding steroid dienone is 1. The molecule has 0 aromatic rings. The molecule has 0 saturated carbocycles. The molecule has 0 saturated heterocycles. The fraction of sp³-hybridized carbons (Fsp3) is 0.308. The topological polar surface area (TPSA) is 87.1 Å². The maximum absolute atomic E-state index is 12.0.